The molecule has 2 aromatic rings. The zero-order chi connectivity index (χ0) is 23.7. The van der Waals surface area contributed by atoms with Crippen molar-refractivity contribution in [2.75, 3.05) is 13.1 Å². The van der Waals surface area contributed by atoms with Crippen molar-refractivity contribution in [2.45, 2.75) is 33.1 Å². The van der Waals surface area contributed by atoms with Gasteiger partial charge < -0.3 is 21.4 Å². The number of piperidine rings is 1. The van der Waals surface area contributed by atoms with Gasteiger partial charge in [0.05, 0.1) is 22.4 Å². The molecule has 2 heterocycles. The van der Waals surface area contributed by atoms with Crippen LogP contribution in [-0.4, -0.2) is 34.4 Å². The molecule has 1 saturated heterocycles. The fraction of sp³-hybridized carbons (Fsp3) is 0.292. The smallest absolute Gasteiger partial charge is 0.276 e. The van der Waals surface area contributed by atoms with Crippen molar-refractivity contribution in [3.8, 4) is 0 Å². The average Bonchev–Trinajstić information content (AvgIpc) is 2.82. The van der Waals surface area contributed by atoms with Crippen molar-refractivity contribution in [2.24, 2.45) is 11.5 Å². The van der Waals surface area contributed by atoms with Gasteiger partial charge in [-0.3, -0.25) is 9.59 Å². The van der Waals surface area contributed by atoms with Crippen LogP contribution < -0.4 is 17.0 Å². The second-order valence-corrected chi connectivity index (χ2v) is 7.44. The van der Waals surface area contributed by atoms with Gasteiger partial charge in [-0.2, -0.15) is 0 Å². The third kappa shape index (κ3) is 6.41. The summed E-state index contributed by atoms with van der Waals surface area (Å²) in [5.41, 5.74) is 14.1. The van der Waals surface area contributed by atoms with E-state index in [0.717, 1.165) is 25.1 Å². The minimum atomic E-state index is -0.491. The molecule has 1 aromatic carbocycles. The van der Waals surface area contributed by atoms with E-state index < -0.39 is 11.4 Å². The monoisotopic (exact) mass is 439 g/mol. The number of likely N-dealkylation sites (tertiary alicyclic amines) is 1. The first-order chi connectivity index (χ1) is 15.3. The predicted octanol–water partition coefficient (Wildman–Crippen LogP) is 3.36. The number of hydrogen-bond donors (Lipinski definition) is 3. The quantitative estimate of drug-likeness (QED) is 0.488. The van der Waals surface area contributed by atoms with Gasteiger partial charge in [0.25, 0.3) is 5.56 Å². The van der Waals surface area contributed by atoms with Crippen LogP contribution in [0.1, 0.15) is 38.8 Å². The number of benzene rings is 1. The predicted molar refractivity (Wildman–Crippen MR) is 127 cm³/mol. The maximum atomic E-state index is 13.4. The Hall–Kier alpha value is -3.68. The van der Waals surface area contributed by atoms with Crippen molar-refractivity contribution in [1.29, 1.82) is 0 Å². The van der Waals surface area contributed by atoms with Crippen molar-refractivity contribution in [3.63, 3.8) is 0 Å². The number of carbonyl (C=O) groups is 1. The zero-order valence-corrected chi connectivity index (χ0v) is 18.5. The van der Waals surface area contributed by atoms with Crippen LogP contribution in [-0.2, 0) is 4.79 Å². The van der Waals surface area contributed by atoms with E-state index >= 15 is 0 Å². The van der Waals surface area contributed by atoms with Crippen LogP contribution in [0.15, 0.2) is 64.6 Å². The number of allylic oxidation sites excluding steroid dienone is 4. The lowest BCUT2D eigenvalue weighted by atomic mass is 10.1. The summed E-state index contributed by atoms with van der Waals surface area (Å²) in [5.74, 6) is -0.456. The van der Waals surface area contributed by atoms with Gasteiger partial charge >= 0.3 is 0 Å². The van der Waals surface area contributed by atoms with Crippen LogP contribution in [0.4, 0.5) is 4.39 Å². The number of aromatic nitrogens is 2. The number of halogens is 1. The zero-order valence-electron chi connectivity index (χ0n) is 18.5. The van der Waals surface area contributed by atoms with E-state index in [2.05, 4.69) is 16.5 Å². The van der Waals surface area contributed by atoms with Gasteiger partial charge in [-0.1, -0.05) is 30.4 Å². The molecule has 1 aromatic heterocycles. The van der Waals surface area contributed by atoms with E-state index in [0.29, 0.717) is 16.6 Å². The van der Waals surface area contributed by atoms with Crippen LogP contribution in [0.3, 0.4) is 0 Å². The lowest BCUT2D eigenvalue weighted by Gasteiger charge is -2.21. The van der Waals surface area contributed by atoms with Gasteiger partial charge in [0.2, 0.25) is 6.41 Å². The number of fused-ring (bicyclic) bond motifs is 1. The summed E-state index contributed by atoms with van der Waals surface area (Å²) in [7, 11) is 0. The second-order valence-electron chi connectivity index (χ2n) is 7.44. The van der Waals surface area contributed by atoms with E-state index in [1.54, 1.807) is 25.2 Å². The largest absolute Gasteiger partial charge is 0.397 e. The van der Waals surface area contributed by atoms with Gasteiger partial charge in [0, 0.05) is 19.2 Å². The van der Waals surface area contributed by atoms with Gasteiger partial charge in [-0.15, -0.1) is 0 Å². The standard InChI is InChI=1S/C18H19FN4O.C6H11NO/c1-4-10(3)8-11(5-2)15(20)16(21)17-18(24)23-13-7-6-12(19)9-14(13)22-17;8-6-7-4-2-1-3-5-7/h4-9H,1,20-21H2,2-3H3,(H,23,24);6H,1-5H2/b10-8-,11-5+,16-15+;. The molecule has 1 aliphatic heterocycles. The number of aromatic amines is 1. The van der Waals surface area contributed by atoms with E-state index in [1.807, 2.05) is 11.8 Å². The molecule has 32 heavy (non-hydrogen) atoms. The molecule has 0 bridgehead atoms. The number of rotatable bonds is 5. The van der Waals surface area contributed by atoms with Crippen molar-refractivity contribution in [3.05, 3.63) is 81.7 Å². The highest BCUT2D eigenvalue weighted by atomic mass is 19.1. The fourth-order valence-electron chi connectivity index (χ4n) is 3.17. The van der Waals surface area contributed by atoms with E-state index in [1.165, 1.54) is 37.5 Å². The van der Waals surface area contributed by atoms with Crippen LogP contribution >= 0.6 is 0 Å². The first kappa shape index (κ1) is 24.6. The Morgan fingerprint density at radius 3 is 2.50 bits per heavy atom. The maximum Gasteiger partial charge on any atom is 0.276 e. The Labute approximate surface area is 187 Å². The van der Waals surface area contributed by atoms with E-state index in [-0.39, 0.29) is 17.1 Å². The number of carbonyl (C=O) groups excluding carboxylic acids is 1. The number of hydrogen-bond acceptors (Lipinski definition) is 5. The third-order valence-electron chi connectivity index (χ3n) is 5.07. The summed E-state index contributed by atoms with van der Waals surface area (Å²) in [6.45, 7) is 9.30. The molecule has 0 aliphatic carbocycles. The Morgan fingerprint density at radius 1 is 1.25 bits per heavy atom. The van der Waals surface area contributed by atoms with E-state index in [9.17, 15) is 14.0 Å². The van der Waals surface area contributed by atoms with Crippen LogP contribution in [0.25, 0.3) is 16.7 Å². The van der Waals surface area contributed by atoms with Crippen LogP contribution in [0, 0.1) is 5.82 Å². The summed E-state index contributed by atoms with van der Waals surface area (Å²) >= 11 is 0. The second kappa shape index (κ2) is 11.6. The topological polar surface area (TPSA) is 118 Å². The lowest BCUT2D eigenvalue weighted by Crippen LogP contribution is -2.27. The molecule has 170 valence electrons. The minimum Gasteiger partial charge on any atom is -0.397 e. The highest BCUT2D eigenvalue weighted by Gasteiger charge is 2.13. The highest BCUT2D eigenvalue weighted by molar-refractivity contribution is 5.77. The molecule has 0 unspecified atom stereocenters. The van der Waals surface area contributed by atoms with Gasteiger partial charge in [-0.25, -0.2) is 9.37 Å². The molecule has 1 fully saturated rings. The normalized spacial score (nSPS) is 15.5. The Kier molecular flexibility index (Phi) is 8.95. The molecular formula is C24H30FN5O2. The molecule has 0 atom stereocenters. The summed E-state index contributed by atoms with van der Waals surface area (Å²) < 4.78 is 13.4. The number of H-pyrrole nitrogens is 1. The molecular weight excluding hydrogens is 409 g/mol. The fourth-order valence-corrected chi connectivity index (χ4v) is 3.17. The minimum absolute atomic E-state index is 0.0311. The molecule has 7 nitrogen and oxygen atoms in total. The maximum absolute atomic E-state index is 13.4. The van der Waals surface area contributed by atoms with Crippen molar-refractivity contribution in [1.82, 2.24) is 14.9 Å². The summed E-state index contributed by atoms with van der Waals surface area (Å²) in [4.78, 5) is 30.9. The molecule has 8 heteroatoms. The third-order valence-corrected chi connectivity index (χ3v) is 5.07. The van der Waals surface area contributed by atoms with E-state index in [4.69, 9.17) is 11.5 Å². The molecule has 1 aliphatic rings. The number of nitrogens with zero attached hydrogens (tertiary/aromatic N) is 2. The SMILES string of the molecule is C=C\C(C)=C/C(=C\C)C(/N)=C(\N)c1nc2cc(F)ccc2[nH]c1=O.O=CN1CCCCC1. The summed E-state index contributed by atoms with van der Waals surface area (Å²) in [6, 6.07) is 3.91. The molecule has 0 radical (unpaired) electrons. The molecule has 0 spiro atoms. The van der Waals surface area contributed by atoms with Crippen molar-refractivity contribution < 1.29 is 9.18 Å². The van der Waals surface area contributed by atoms with Gasteiger partial charge in [0.15, 0.2) is 5.69 Å². The van der Waals surface area contributed by atoms with Crippen LogP contribution in [0.5, 0.6) is 0 Å². The number of amides is 1. The Morgan fingerprint density at radius 2 is 1.94 bits per heavy atom. The summed E-state index contributed by atoms with van der Waals surface area (Å²) in [5, 5.41) is 0. The highest BCUT2D eigenvalue weighted by Crippen LogP contribution is 2.17. The summed E-state index contributed by atoms with van der Waals surface area (Å²) in [6.07, 6.45) is 9.87. The van der Waals surface area contributed by atoms with Crippen molar-refractivity contribution >= 4 is 23.1 Å². The lowest BCUT2D eigenvalue weighted by molar-refractivity contribution is -0.118. The Bertz CT molecular complexity index is 1120. The van der Waals surface area contributed by atoms with Gasteiger partial charge in [-0.05, 0) is 50.8 Å². The Balaban J connectivity index is 0.000000380. The first-order valence-corrected chi connectivity index (χ1v) is 10.4. The molecule has 5 N–H and O–H groups in total. The number of nitrogens with two attached hydrogens (primary N) is 2. The molecule has 3 rings (SSSR count). The number of nitrogens with one attached hydrogen (secondary N) is 1. The van der Waals surface area contributed by atoms with Gasteiger partial charge in [0.1, 0.15) is 5.82 Å². The average molecular weight is 440 g/mol. The molecule has 0 saturated carbocycles. The van der Waals surface area contributed by atoms with Crippen LogP contribution in [0.2, 0.25) is 0 Å². The molecule has 1 amide bonds. The first-order valence-electron chi connectivity index (χ1n) is 10.4.